The van der Waals surface area contributed by atoms with Crippen LogP contribution in [-0.2, 0) is 6.42 Å². The van der Waals surface area contributed by atoms with Gasteiger partial charge in [0, 0.05) is 23.7 Å². The van der Waals surface area contributed by atoms with Gasteiger partial charge in [-0.3, -0.25) is 9.59 Å². The quantitative estimate of drug-likeness (QED) is 0.554. The van der Waals surface area contributed by atoms with Crippen LogP contribution in [0.5, 0.6) is 5.75 Å². The van der Waals surface area contributed by atoms with E-state index in [1.165, 1.54) is 0 Å². The van der Waals surface area contributed by atoms with E-state index in [2.05, 4.69) is 10.6 Å². The van der Waals surface area contributed by atoms with Crippen LogP contribution in [0.25, 0.3) is 11.1 Å². The summed E-state index contributed by atoms with van der Waals surface area (Å²) in [5.74, 6) is 0.697. The summed E-state index contributed by atoms with van der Waals surface area (Å²) in [5, 5.41) is 6.00. The molecule has 164 valence electrons. The first kappa shape index (κ1) is 21.6. The topological polar surface area (TPSA) is 67.4 Å². The van der Waals surface area contributed by atoms with E-state index < -0.39 is 0 Å². The second-order valence-corrected chi connectivity index (χ2v) is 8.21. The van der Waals surface area contributed by atoms with E-state index >= 15 is 0 Å². The second kappa shape index (κ2) is 9.69. The summed E-state index contributed by atoms with van der Waals surface area (Å²) in [6.45, 7) is 2.59. The highest BCUT2D eigenvalue weighted by Crippen LogP contribution is 2.26. The lowest BCUT2D eigenvalue weighted by Gasteiger charge is -2.11. The van der Waals surface area contributed by atoms with Crippen molar-refractivity contribution < 1.29 is 14.3 Å². The molecule has 0 radical (unpaired) electrons. The largest absolute Gasteiger partial charge is 0.497 e. The Morgan fingerprint density at radius 3 is 2.25 bits per heavy atom. The molecule has 0 aromatic heterocycles. The Bertz CT molecular complexity index is 1100. The van der Waals surface area contributed by atoms with Gasteiger partial charge in [-0.15, -0.1) is 0 Å². The molecule has 0 unspecified atom stereocenters. The zero-order valence-electron chi connectivity index (χ0n) is 18.5. The molecule has 0 bridgehead atoms. The Balaban J connectivity index is 1.37. The highest BCUT2D eigenvalue weighted by molar-refractivity contribution is 5.97. The summed E-state index contributed by atoms with van der Waals surface area (Å²) >= 11 is 0. The Morgan fingerprint density at radius 1 is 0.906 bits per heavy atom. The number of ether oxygens (including phenoxy) is 1. The second-order valence-electron chi connectivity index (χ2n) is 8.21. The van der Waals surface area contributed by atoms with Gasteiger partial charge in [0.25, 0.3) is 11.8 Å². The zero-order chi connectivity index (χ0) is 22.5. The van der Waals surface area contributed by atoms with Crippen LogP contribution in [0.3, 0.4) is 0 Å². The molecule has 1 aliphatic carbocycles. The number of benzene rings is 3. The number of aryl methyl sites for hydroxylation is 1. The maximum atomic E-state index is 12.5. The highest BCUT2D eigenvalue weighted by atomic mass is 16.5. The Kier molecular flexibility index (Phi) is 6.55. The fraction of sp³-hybridized carbons (Fsp3) is 0.259. The number of methoxy groups -OCH3 is 1. The summed E-state index contributed by atoms with van der Waals surface area (Å²) in [5.41, 5.74) is 5.49. The molecule has 3 aromatic rings. The molecule has 32 heavy (non-hydrogen) atoms. The lowest BCUT2D eigenvalue weighted by Crippen LogP contribution is -2.25. The summed E-state index contributed by atoms with van der Waals surface area (Å²) in [7, 11) is 1.64. The number of carbonyl (C=O) groups is 2. The number of carbonyl (C=O) groups excluding carboxylic acids is 2. The maximum absolute atomic E-state index is 12.5. The van der Waals surface area contributed by atoms with Crippen molar-refractivity contribution in [2.75, 3.05) is 13.7 Å². The summed E-state index contributed by atoms with van der Waals surface area (Å²) < 4.78 is 5.16. The average Bonchev–Trinajstić information content (AvgIpc) is 3.64. The van der Waals surface area contributed by atoms with Crippen LogP contribution in [0.2, 0.25) is 0 Å². The van der Waals surface area contributed by atoms with Crippen LogP contribution >= 0.6 is 0 Å². The van der Waals surface area contributed by atoms with Gasteiger partial charge in [0.05, 0.1) is 7.11 Å². The van der Waals surface area contributed by atoms with Crippen LogP contribution in [0.15, 0.2) is 66.7 Å². The fourth-order valence-electron chi connectivity index (χ4n) is 3.59. The zero-order valence-corrected chi connectivity index (χ0v) is 18.5. The van der Waals surface area contributed by atoms with Gasteiger partial charge in [0.1, 0.15) is 5.75 Å². The maximum Gasteiger partial charge on any atom is 0.251 e. The Morgan fingerprint density at radius 2 is 1.59 bits per heavy atom. The monoisotopic (exact) mass is 428 g/mol. The number of nitrogens with one attached hydrogen (secondary N) is 2. The van der Waals surface area contributed by atoms with Gasteiger partial charge < -0.3 is 15.4 Å². The third-order valence-corrected chi connectivity index (χ3v) is 5.73. The minimum Gasteiger partial charge on any atom is -0.497 e. The van der Waals surface area contributed by atoms with Crippen molar-refractivity contribution in [2.24, 2.45) is 0 Å². The van der Waals surface area contributed by atoms with Gasteiger partial charge in [-0.25, -0.2) is 0 Å². The van der Waals surface area contributed by atoms with Gasteiger partial charge in [0.15, 0.2) is 0 Å². The minimum atomic E-state index is -0.0978. The number of hydrogen-bond acceptors (Lipinski definition) is 3. The molecule has 1 aliphatic rings. The molecular weight excluding hydrogens is 400 g/mol. The van der Waals surface area contributed by atoms with Gasteiger partial charge in [-0.1, -0.05) is 30.3 Å². The SMILES string of the molecule is COc1ccc(CCNC(=O)c2ccc(-c3cc(C(=O)NC4CC4)ccc3C)cc2)cc1. The van der Waals surface area contributed by atoms with E-state index in [9.17, 15) is 9.59 Å². The standard InChI is InChI=1S/C27H28N2O3/c1-18-3-6-22(27(31)29-23-11-12-23)17-25(18)20-7-9-21(10-8-20)26(30)28-16-15-19-4-13-24(32-2)14-5-19/h3-10,13-14,17,23H,11-12,15-16H2,1-2H3,(H,28,30)(H,29,31). The van der Waals surface area contributed by atoms with E-state index in [0.717, 1.165) is 47.3 Å². The van der Waals surface area contributed by atoms with Gasteiger partial charge in [-0.05, 0) is 84.8 Å². The fourth-order valence-corrected chi connectivity index (χ4v) is 3.59. The van der Waals surface area contributed by atoms with E-state index in [0.29, 0.717) is 23.7 Å². The van der Waals surface area contributed by atoms with E-state index in [-0.39, 0.29) is 11.8 Å². The average molecular weight is 429 g/mol. The molecule has 0 saturated heterocycles. The molecule has 1 saturated carbocycles. The smallest absolute Gasteiger partial charge is 0.251 e. The summed E-state index contributed by atoms with van der Waals surface area (Å²) in [6.07, 6.45) is 2.88. The molecule has 0 heterocycles. The molecule has 5 nitrogen and oxygen atoms in total. The van der Waals surface area contributed by atoms with Gasteiger partial charge in [-0.2, -0.15) is 0 Å². The molecule has 1 fully saturated rings. The first-order valence-corrected chi connectivity index (χ1v) is 11.0. The third-order valence-electron chi connectivity index (χ3n) is 5.73. The van der Waals surface area contributed by atoms with Crippen LogP contribution in [0.4, 0.5) is 0 Å². The summed E-state index contributed by atoms with van der Waals surface area (Å²) in [6, 6.07) is 21.5. The van der Waals surface area contributed by atoms with Crippen LogP contribution in [0.1, 0.15) is 44.7 Å². The van der Waals surface area contributed by atoms with Crippen molar-refractivity contribution in [1.29, 1.82) is 0 Å². The van der Waals surface area contributed by atoms with Crippen LogP contribution < -0.4 is 15.4 Å². The molecule has 3 aromatic carbocycles. The number of amides is 2. The Labute approximate surface area is 188 Å². The van der Waals surface area contributed by atoms with Crippen molar-refractivity contribution >= 4 is 11.8 Å². The molecule has 0 spiro atoms. The predicted molar refractivity (Wildman–Crippen MR) is 126 cm³/mol. The van der Waals surface area contributed by atoms with Gasteiger partial charge >= 0.3 is 0 Å². The van der Waals surface area contributed by atoms with Crippen LogP contribution in [-0.4, -0.2) is 31.5 Å². The van der Waals surface area contributed by atoms with Crippen molar-refractivity contribution in [3.8, 4) is 16.9 Å². The van der Waals surface area contributed by atoms with Gasteiger partial charge in [0.2, 0.25) is 0 Å². The lowest BCUT2D eigenvalue weighted by molar-refractivity contribution is 0.0944. The first-order valence-electron chi connectivity index (χ1n) is 11.0. The van der Waals surface area contributed by atoms with E-state index in [1.807, 2.05) is 73.7 Å². The number of hydrogen-bond donors (Lipinski definition) is 2. The lowest BCUT2D eigenvalue weighted by atomic mass is 9.97. The molecule has 4 rings (SSSR count). The summed E-state index contributed by atoms with van der Waals surface area (Å²) in [4.78, 5) is 24.9. The van der Waals surface area contributed by atoms with Crippen molar-refractivity contribution in [2.45, 2.75) is 32.2 Å². The van der Waals surface area contributed by atoms with Crippen molar-refractivity contribution in [3.63, 3.8) is 0 Å². The molecule has 0 aliphatic heterocycles. The van der Waals surface area contributed by atoms with Crippen molar-refractivity contribution in [3.05, 3.63) is 89.0 Å². The third kappa shape index (κ3) is 5.35. The molecular formula is C27H28N2O3. The molecule has 2 N–H and O–H groups in total. The van der Waals surface area contributed by atoms with E-state index in [4.69, 9.17) is 4.74 Å². The first-order chi connectivity index (χ1) is 15.5. The number of rotatable bonds is 8. The molecule has 2 amide bonds. The molecule has 0 atom stereocenters. The highest BCUT2D eigenvalue weighted by Gasteiger charge is 2.24. The normalized spacial score (nSPS) is 12.8. The van der Waals surface area contributed by atoms with Crippen LogP contribution in [0, 0.1) is 6.92 Å². The predicted octanol–water partition coefficient (Wildman–Crippen LogP) is 4.54. The molecule has 5 heteroatoms. The minimum absolute atomic E-state index is 0.0263. The van der Waals surface area contributed by atoms with E-state index in [1.54, 1.807) is 7.11 Å². The Hall–Kier alpha value is -3.60. The van der Waals surface area contributed by atoms with Crippen molar-refractivity contribution in [1.82, 2.24) is 10.6 Å².